The van der Waals surface area contributed by atoms with Crippen molar-refractivity contribution in [1.29, 1.82) is 0 Å². The molecule has 2 rings (SSSR count). The van der Waals surface area contributed by atoms with E-state index in [4.69, 9.17) is 5.73 Å². The molecule has 0 radical (unpaired) electrons. The first-order valence-electron chi connectivity index (χ1n) is 6.72. The lowest BCUT2D eigenvalue weighted by atomic mass is 10.1. The third-order valence-electron chi connectivity index (χ3n) is 3.29. The molecule has 1 saturated carbocycles. The fourth-order valence-electron chi connectivity index (χ4n) is 1.92. The van der Waals surface area contributed by atoms with Crippen LogP contribution in [-0.2, 0) is 6.42 Å². The Hall–Kier alpha value is -1.19. The van der Waals surface area contributed by atoms with E-state index in [0.717, 1.165) is 18.4 Å². The second-order valence-corrected chi connectivity index (χ2v) is 5.02. The number of alkyl halides is 3. The number of benzene rings is 1. The number of ether oxygens (including phenoxy) is 1. The Morgan fingerprint density at radius 3 is 2.41 bits per heavy atom. The molecule has 0 heterocycles. The predicted octanol–water partition coefficient (Wildman–Crippen LogP) is 3.15. The number of aliphatic imine (C=N–C) groups is 1. The monoisotopic (exact) mass is 429 g/mol. The zero-order valence-electron chi connectivity index (χ0n) is 12.1. The summed E-state index contributed by atoms with van der Waals surface area (Å²) in [6.45, 7) is 0.502. The van der Waals surface area contributed by atoms with Crippen LogP contribution in [0.4, 0.5) is 13.2 Å². The Morgan fingerprint density at radius 2 is 1.91 bits per heavy atom. The molecule has 1 aromatic rings. The molecule has 1 fully saturated rings. The number of hydrogen-bond donors (Lipinski definition) is 1. The third-order valence-corrected chi connectivity index (χ3v) is 3.29. The summed E-state index contributed by atoms with van der Waals surface area (Å²) in [5, 5.41) is 0. The highest BCUT2D eigenvalue weighted by Gasteiger charge is 2.31. The van der Waals surface area contributed by atoms with Gasteiger partial charge in [-0.2, -0.15) is 0 Å². The Labute approximate surface area is 144 Å². The van der Waals surface area contributed by atoms with E-state index >= 15 is 0 Å². The van der Waals surface area contributed by atoms with E-state index in [0.29, 0.717) is 25.0 Å². The standard InChI is InChI=1S/C14H18F3N3O.HI/c1-20(11-4-5-11)13(18)19-9-8-10-2-6-12(7-3-10)21-14(15,16)17;/h2-3,6-7,11H,4-5,8-9H2,1H3,(H2,18,19);1H. The molecule has 2 N–H and O–H groups in total. The van der Waals surface area contributed by atoms with Crippen molar-refractivity contribution in [2.75, 3.05) is 13.6 Å². The molecule has 1 aliphatic rings. The summed E-state index contributed by atoms with van der Waals surface area (Å²) < 4.78 is 39.9. The molecule has 0 aromatic heterocycles. The molecule has 0 unspecified atom stereocenters. The van der Waals surface area contributed by atoms with E-state index in [2.05, 4.69) is 9.73 Å². The molecular formula is C14H19F3IN3O. The molecule has 22 heavy (non-hydrogen) atoms. The van der Waals surface area contributed by atoms with Gasteiger partial charge < -0.3 is 15.4 Å². The quantitative estimate of drug-likeness (QED) is 0.445. The zero-order valence-corrected chi connectivity index (χ0v) is 14.5. The molecule has 0 amide bonds. The van der Waals surface area contributed by atoms with Crippen LogP contribution in [0, 0.1) is 0 Å². The minimum Gasteiger partial charge on any atom is -0.406 e. The Kier molecular flexibility index (Phi) is 6.76. The normalized spacial score (nSPS) is 15.2. The number of rotatable bonds is 5. The van der Waals surface area contributed by atoms with Gasteiger partial charge in [0, 0.05) is 19.6 Å². The molecule has 124 valence electrons. The van der Waals surface area contributed by atoms with Crippen LogP contribution < -0.4 is 10.5 Å². The first-order valence-corrected chi connectivity index (χ1v) is 6.72. The zero-order chi connectivity index (χ0) is 15.5. The van der Waals surface area contributed by atoms with Crippen molar-refractivity contribution in [2.24, 2.45) is 10.7 Å². The maximum Gasteiger partial charge on any atom is 0.573 e. The number of nitrogens with two attached hydrogens (primary N) is 1. The highest BCUT2D eigenvalue weighted by molar-refractivity contribution is 14.0. The van der Waals surface area contributed by atoms with Crippen LogP contribution in [0.3, 0.4) is 0 Å². The molecule has 0 spiro atoms. The largest absolute Gasteiger partial charge is 0.573 e. The van der Waals surface area contributed by atoms with E-state index < -0.39 is 6.36 Å². The van der Waals surface area contributed by atoms with Gasteiger partial charge in [-0.1, -0.05) is 12.1 Å². The van der Waals surface area contributed by atoms with Crippen molar-refractivity contribution < 1.29 is 17.9 Å². The summed E-state index contributed by atoms with van der Waals surface area (Å²) in [5.74, 6) is 0.289. The van der Waals surface area contributed by atoms with Gasteiger partial charge in [0.1, 0.15) is 5.75 Å². The molecule has 0 saturated heterocycles. The lowest BCUT2D eigenvalue weighted by molar-refractivity contribution is -0.274. The summed E-state index contributed by atoms with van der Waals surface area (Å²) in [7, 11) is 1.92. The Morgan fingerprint density at radius 1 is 1.32 bits per heavy atom. The summed E-state index contributed by atoms with van der Waals surface area (Å²) in [6, 6.07) is 6.29. The number of hydrogen-bond acceptors (Lipinski definition) is 2. The lowest BCUT2D eigenvalue weighted by Crippen LogP contribution is -2.35. The van der Waals surface area contributed by atoms with E-state index in [9.17, 15) is 13.2 Å². The number of nitrogens with zero attached hydrogens (tertiary/aromatic N) is 2. The smallest absolute Gasteiger partial charge is 0.406 e. The van der Waals surface area contributed by atoms with E-state index in [1.165, 1.54) is 12.1 Å². The second kappa shape index (κ2) is 7.89. The topological polar surface area (TPSA) is 50.8 Å². The molecule has 0 bridgehead atoms. The van der Waals surface area contributed by atoms with Crippen molar-refractivity contribution in [3.8, 4) is 5.75 Å². The van der Waals surface area contributed by atoms with Gasteiger partial charge in [-0.05, 0) is 37.0 Å². The van der Waals surface area contributed by atoms with Gasteiger partial charge in [-0.25, -0.2) is 0 Å². The highest BCUT2D eigenvalue weighted by Crippen LogP contribution is 2.25. The number of halogens is 4. The van der Waals surface area contributed by atoms with Crippen LogP contribution in [-0.4, -0.2) is 36.9 Å². The van der Waals surface area contributed by atoms with Crippen molar-refractivity contribution in [3.63, 3.8) is 0 Å². The van der Waals surface area contributed by atoms with Crippen LogP contribution in [0.25, 0.3) is 0 Å². The van der Waals surface area contributed by atoms with Crippen LogP contribution in [0.2, 0.25) is 0 Å². The van der Waals surface area contributed by atoms with Crippen LogP contribution in [0.1, 0.15) is 18.4 Å². The first kappa shape index (κ1) is 18.9. The van der Waals surface area contributed by atoms with Crippen LogP contribution in [0.15, 0.2) is 29.3 Å². The van der Waals surface area contributed by atoms with Gasteiger partial charge in [0.2, 0.25) is 0 Å². The molecule has 8 heteroatoms. The average Bonchev–Trinajstić information content (AvgIpc) is 3.22. The molecule has 4 nitrogen and oxygen atoms in total. The van der Waals surface area contributed by atoms with Gasteiger partial charge in [0.15, 0.2) is 5.96 Å². The number of guanidine groups is 1. The van der Waals surface area contributed by atoms with Crippen LogP contribution in [0.5, 0.6) is 5.75 Å². The van der Waals surface area contributed by atoms with Crippen molar-refractivity contribution in [3.05, 3.63) is 29.8 Å². The maximum atomic E-state index is 12.0. The minimum atomic E-state index is -4.66. The van der Waals surface area contributed by atoms with Gasteiger partial charge >= 0.3 is 6.36 Å². The third kappa shape index (κ3) is 6.29. The minimum absolute atomic E-state index is 0. The van der Waals surface area contributed by atoms with Gasteiger partial charge in [0.05, 0.1) is 0 Å². The van der Waals surface area contributed by atoms with E-state index in [1.807, 2.05) is 11.9 Å². The summed E-state index contributed by atoms with van der Waals surface area (Å²) in [6.07, 6.45) is -1.75. The maximum absolute atomic E-state index is 12.0. The summed E-state index contributed by atoms with van der Waals surface area (Å²) in [5.41, 5.74) is 6.73. The van der Waals surface area contributed by atoms with Crippen molar-refractivity contribution in [2.45, 2.75) is 31.7 Å². The fraction of sp³-hybridized carbons (Fsp3) is 0.500. The molecule has 0 atom stereocenters. The highest BCUT2D eigenvalue weighted by atomic mass is 127. The Bertz CT molecular complexity index is 501. The summed E-state index contributed by atoms with van der Waals surface area (Å²) >= 11 is 0. The van der Waals surface area contributed by atoms with Gasteiger partial charge in [-0.15, -0.1) is 37.1 Å². The molecule has 1 aliphatic carbocycles. The van der Waals surface area contributed by atoms with Gasteiger partial charge in [0.25, 0.3) is 0 Å². The second-order valence-electron chi connectivity index (χ2n) is 5.02. The van der Waals surface area contributed by atoms with Gasteiger partial charge in [-0.3, -0.25) is 4.99 Å². The average molecular weight is 429 g/mol. The van der Waals surface area contributed by atoms with Crippen molar-refractivity contribution in [1.82, 2.24) is 4.90 Å². The fourth-order valence-corrected chi connectivity index (χ4v) is 1.92. The molecule has 0 aliphatic heterocycles. The predicted molar refractivity (Wildman–Crippen MR) is 89.5 cm³/mol. The van der Waals surface area contributed by atoms with E-state index in [1.54, 1.807) is 12.1 Å². The summed E-state index contributed by atoms with van der Waals surface area (Å²) in [4.78, 5) is 6.23. The molecular weight excluding hydrogens is 410 g/mol. The SMILES string of the molecule is CN(C(N)=NCCc1ccc(OC(F)(F)F)cc1)C1CC1.I. The van der Waals surface area contributed by atoms with E-state index in [-0.39, 0.29) is 29.7 Å². The molecule has 1 aromatic carbocycles. The first-order chi connectivity index (χ1) is 9.85. The lowest BCUT2D eigenvalue weighted by Gasteiger charge is -2.16. The Balaban J connectivity index is 0.00000242. The van der Waals surface area contributed by atoms with Crippen molar-refractivity contribution >= 4 is 29.9 Å². The van der Waals surface area contributed by atoms with Crippen LogP contribution >= 0.6 is 24.0 Å².